The third kappa shape index (κ3) is 3.96. The lowest BCUT2D eigenvalue weighted by molar-refractivity contribution is 0.102. The second kappa shape index (κ2) is 7.81. The summed E-state index contributed by atoms with van der Waals surface area (Å²) in [5.74, 6) is -0.225. The number of aromatic nitrogens is 4. The zero-order chi connectivity index (χ0) is 18.6. The molecule has 0 atom stereocenters. The van der Waals surface area contributed by atoms with Crippen LogP contribution in [0.15, 0.2) is 54.0 Å². The van der Waals surface area contributed by atoms with Crippen LogP contribution in [0.3, 0.4) is 0 Å². The number of hydrogen-bond donors (Lipinski definition) is 1. The molecule has 0 fully saturated rings. The van der Waals surface area contributed by atoms with Crippen molar-refractivity contribution in [3.8, 4) is 10.6 Å². The molecule has 8 heteroatoms. The first-order valence-corrected chi connectivity index (χ1v) is 10.2. The van der Waals surface area contributed by atoms with Crippen LogP contribution in [-0.2, 0) is 13.0 Å². The lowest BCUT2D eigenvalue weighted by atomic mass is 10.2. The van der Waals surface area contributed by atoms with Crippen LogP contribution in [0.2, 0.25) is 0 Å². The molecule has 0 spiro atoms. The Morgan fingerprint density at radius 3 is 2.70 bits per heavy atom. The summed E-state index contributed by atoms with van der Waals surface area (Å²) in [7, 11) is 0. The fraction of sp³-hybridized carbons (Fsp3) is 0.158. The number of nitrogens with one attached hydrogen (secondary N) is 1. The Hall–Kier alpha value is -2.84. The quantitative estimate of drug-likeness (QED) is 0.527. The van der Waals surface area contributed by atoms with Crippen LogP contribution in [0.5, 0.6) is 0 Å². The van der Waals surface area contributed by atoms with E-state index in [1.165, 1.54) is 11.3 Å². The van der Waals surface area contributed by atoms with Gasteiger partial charge in [0.05, 0.1) is 17.0 Å². The summed E-state index contributed by atoms with van der Waals surface area (Å²) >= 11 is 2.95. The average molecular weight is 396 g/mol. The smallest absolute Gasteiger partial charge is 0.261 e. The summed E-state index contributed by atoms with van der Waals surface area (Å²) in [6.45, 7) is 2.61. The van der Waals surface area contributed by atoms with Crippen LogP contribution in [0.1, 0.15) is 27.9 Å². The van der Waals surface area contributed by atoms with Crippen molar-refractivity contribution in [1.82, 2.24) is 20.0 Å². The van der Waals surface area contributed by atoms with E-state index in [-0.39, 0.29) is 5.91 Å². The zero-order valence-electron chi connectivity index (χ0n) is 14.6. The highest BCUT2D eigenvalue weighted by atomic mass is 32.1. The van der Waals surface area contributed by atoms with Gasteiger partial charge in [-0.1, -0.05) is 54.7 Å². The first kappa shape index (κ1) is 17.6. The molecule has 0 saturated heterocycles. The van der Waals surface area contributed by atoms with Gasteiger partial charge in [-0.05, 0) is 23.4 Å². The summed E-state index contributed by atoms with van der Waals surface area (Å²) in [5, 5.41) is 19.0. The number of anilines is 1. The second-order valence-corrected chi connectivity index (χ2v) is 7.87. The van der Waals surface area contributed by atoms with Crippen LogP contribution in [0.4, 0.5) is 5.13 Å². The maximum absolute atomic E-state index is 12.9. The van der Waals surface area contributed by atoms with E-state index in [1.807, 2.05) is 54.8 Å². The molecular formula is C19H17N5OS2. The van der Waals surface area contributed by atoms with E-state index in [0.29, 0.717) is 22.9 Å². The predicted molar refractivity (Wildman–Crippen MR) is 108 cm³/mol. The van der Waals surface area contributed by atoms with Gasteiger partial charge < -0.3 is 0 Å². The molecule has 0 aliphatic heterocycles. The van der Waals surface area contributed by atoms with Gasteiger partial charge in [0, 0.05) is 6.20 Å². The van der Waals surface area contributed by atoms with E-state index in [0.717, 1.165) is 21.9 Å². The Morgan fingerprint density at radius 1 is 1.15 bits per heavy atom. The minimum absolute atomic E-state index is 0.225. The molecule has 1 aromatic carbocycles. The number of amides is 1. The summed E-state index contributed by atoms with van der Waals surface area (Å²) in [5.41, 5.74) is 2.33. The first-order chi connectivity index (χ1) is 13.2. The third-order valence-electron chi connectivity index (χ3n) is 3.94. The molecule has 27 heavy (non-hydrogen) atoms. The van der Waals surface area contributed by atoms with Crippen LogP contribution in [0, 0.1) is 0 Å². The normalized spacial score (nSPS) is 10.9. The van der Waals surface area contributed by atoms with Crippen LogP contribution in [-0.4, -0.2) is 25.9 Å². The predicted octanol–water partition coefficient (Wildman–Crippen LogP) is 4.33. The molecule has 0 bridgehead atoms. The summed E-state index contributed by atoms with van der Waals surface area (Å²) < 4.78 is 1.80. The minimum Gasteiger partial charge on any atom is -0.296 e. The number of carbonyl (C=O) groups excluding carboxylic acids is 1. The lowest BCUT2D eigenvalue weighted by Crippen LogP contribution is -2.12. The standard InChI is InChI=1S/C19H17N5OS2/c1-2-16-21-22-19(27-16)20-18(25)14-12-24(11-13-7-4-3-5-8-13)23-17(14)15-9-6-10-26-15/h3-10,12H,2,11H2,1H3,(H,20,22,25). The molecule has 6 nitrogen and oxygen atoms in total. The van der Waals surface area contributed by atoms with Crippen molar-refractivity contribution in [3.63, 3.8) is 0 Å². The number of benzene rings is 1. The Labute approximate surface area is 164 Å². The van der Waals surface area contributed by atoms with E-state index in [2.05, 4.69) is 20.6 Å². The third-order valence-corrected chi connectivity index (χ3v) is 5.80. The average Bonchev–Trinajstić information content (AvgIpc) is 3.43. The van der Waals surface area contributed by atoms with Gasteiger partial charge in [-0.15, -0.1) is 21.5 Å². The van der Waals surface area contributed by atoms with Crippen molar-refractivity contribution < 1.29 is 4.79 Å². The van der Waals surface area contributed by atoms with Crippen LogP contribution in [0.25, 0.3) is 10.6 Å². The highest BCUT2D eigenvalue weighted by molar-refractivity contribution is 7.15. The summed E-state index contributed by atoms with van der Waals surface area (Å²) in [6, 6.07) is 14.0. The van der Waals surface area contributed by atoms with Crippen molar-refractivity contribution in [2.45, 2.75) is 19.9 Å². The molecule has 0 unspecified atom stereocenters. The largest absolute Gasteiger partial charge is 0.296 e. The zero-order valence-corrected chi connectivity index (χ0v) is 16.3. The first-order valence-electron chi connectivity index (χ1n) is 8.52. The van der Waals surface area contributed by atoms with Crippen molar-refractivity contribution in [2.75, 3.05) is 5.32 Å². The Kier molecular flexibility index (Phi) is 5.08. The van der Waals surface area contributed by atoms with Gasteiger partial charge in [0.2, 0.25) is 5.13 Å². The fourth-order valence-corrected chi connectivity index (χ4v) is 4.04. The Bertz CT molecular complexity index is 1040. The molecule has 136 valence electrons. The van der Waals surface area contributed by atoms with Crippen molar-refractivity contribution in [1.29, 1.82) is 0 Å². The van der Waals surface area contributed by atoms with Crippen molar-refractivity contribution in [2.24, 2.45) is 0 Å². The number of aryl methyl sites for hydroxylation is 1. The van der Waals surface area contributed by atoms with Gasteiger partial charge in [-0.25, -0.2) is 0 Å². The number of carbonyl (C=O) groups is 1. The van der Waals surface area contributed by atoms with Gasteiger partial charge in [-0.2, -0.15) is 5.10 Å². The Balaban J connectivity index is 1.64. The molecule has 1 amide bonds. The minimum atomic E-state index is -0.225. The van der Waals surface area contributed by atoms with Crippen LogP contribution >= 0.6 is 22.7 Å². The lowest BCUT2D eigenvalue weighted by Gasteiger charge is -2.00. The molecule has 0 aliphatic rings. The molecule has 3 heterocycles. The molecule has 0 aliphatic carbocycles. The molecule has 4 rings (SSSR count). The van der Waals surface area contributed by atoms with Gasteiger partial charge in [0.15, 0.2) is 0 Å². The number of rotatable bonds is 6. The molecule has 4 aromatic rings. The van der Waals surface area contributed by atoms with E-state index >= 15 is 0 Å². The van der Waals surface area contributed by atoms with Gasteiger partial charge in [0.25, 0.3) is 5.91 Å². The SMILES string of the molecule is CCc1nnc(NC(=O)c2cn(Cc3ccccc3)nc2-c2cccs2)s1. The van der Waals surface area contributed by atoms with Crippen molar-refractivity contribution in [3.05, 3.63) is 70.2 Å². The number of thiophene rings is 1. The van der Waals surface area contributed by atoms with Gasteiger partial charge >= 0.3 is 0 Å². The van der Waals surface area contributed by atoms with Crippen molar-refractivity contribution >= 4 is 33.7 Å². The molecule has 3 aromatic heterocycles. The van der Waals surface area contributed by atoms with E-state index < -0.39 is 0 Å². The maximum Gasteiger partial charge on any atom is 0.261 e. The number of hydrogen-bond acceptors (Lipinski definition) is 6. The van der Waals surface area contributed by atoms with E-state index in [1.54, 1.807) is 22.2 Å². The summed E-state index contributed by atoms with van der Waals surface area (Å²) in [6.07, 6.45) is 2.59. The molecule has 0 radical (unpaired) electrons. The summed E-state index contributed by atoms with van der Waals surface area (Å²) in [4.78, 5) is 13.8. The van der Waals surface area contributed by atoms with Gasteiger partial charge in [0.1, 0.15) is 10.7 Å². The molecular weight excluding hydrogens is 378 g/mol. The van der Waals surface area contributed by atoms with E-state index in [4.69, 9.17) is 0 Å². The molecule has 0 saturated carbocycles. The number of nitrogens with zero attached hydrogens (tertiary/aromatic N) is 4. The molecule has 1 N–H and O–H groups in total. The van der Waals surface area contributed by atoms with Crippen LogP contribution < -0.4 is 5.32 Å². The van der Waals surface area contributed by atoms with E-state index in [9.17, 15) is 4.79 Å². The fourth-order valence-electron chi connectivity index (χ4n) is 2.65. The van der Waals surface area contributed by atoms with Gasteiger partial charge in [-0.3, -0.25) is 14.8 Å². The topological polar surface area (TPSA) is 72.7 Å². The Morgan fingerprint density at radius 2 is 2.00 bits per heavy atom. The second-order valence-electron chi connectivity index (χ2n) is 5.86. The monoisotopic (exact) mass is 395 g/mol. The maximum atomic E-state index is 12.9. The highest BCUT2D eigenvalue weighted by Gasteiger charge is 2.20. The highest BCUT2D eigenvalue weighted by Crippen LogP contribution is 2.28.